The zero-order chi connectivity index (χ0) is 14.9. The maximum Gasteiger partial charge on any atom is 0.416 e. The van der Waals surface area contributed by atoms with Gasteiger partial charge in [0.15, 0.2) is 0 Å². The first-order valence-electron chi connectivity index (χ1n) is 6.41. The average molecular weight is 288 g/mol. The number of hydrogen-bond acceptors (Lipinski definition) is 3. The number of nitrogens with one attached hydrogen (secondary N) is 1. The SMILES string of the molecule is CC1CCCC1Nc1ccc(C(F)(F)F)cc1[N+](=O)[O-]. The van der Waals surface area contributed by atoms with Crippen molar-refractivity contribution < 1.29 is 18.1 Å². The van der Waals surface area contributed by atoms with Crippen LogP contribution in [0.2, 0.25) is 0 Å². The second-order valence-electron chi connectivity index (χ2n) is 5.15. The molecule has 0 aliphatic heterocycles. The molecule has 0 spiro atoms. The van der Waals surface area contributed by atoms with E-state index in [0.717, 1.165) is 31.4 Å². The predicted molar refractivity (Wildman–Crippen MR) is 68.5 cm³/mol. The number of anilines is 1. The number of nitro groups is 1. The number of rotatable bonds is 3. The maximum absolute atomic E-state index is 12.6. The molecule has 7 heteroatoms. The highest BCUT2D eigenvalue weighted by Gasteiger charge is 2.33. The number of alkyl halides is 3. The normalized spacial score (nSPS) is 22.8. The highest BCUT2D eigenvalue weighted by Crippen LogP contribution is 2.36. The Morgan fingerprint density at radius 3 is 2.55 bits per heavy atom. The van der Waals surface area contributed by atoms with Gasteiger partial charge in [0, 0.05) is 12.1 Å². The standard InChI is InChI=1S/C13H15F3N2O2/c1-8-3-2-4-10(8)17-11-6-5-9(13(14,15)16)7-12(11)18(19)20/h5-8,10,17H,2-4H2,1H3. The minimum absolute atomic E-state index is 0.0745. The Bertz CT molecular complexity index is 517. The van der Waals surface area contributed by atoms with Gasteiger partial charge in [0.25, 0.3) is 5.69 Å². The third-order valence-electron chi connectivity index (χ3n) is 3.72. The van der Waals surface area contributed by atoms with Crippen molar-refractivity contribution >= 4 is 11.4 Å². The molecular weight excluding hydrogens is 273 g/mol. The van der Waals surface area contributed by atoms with E-state index in [4.69, 9.17) is 0 Å². The molecule has 2 rings (SSSR count). The Morgan fingerprint density at radius 2 is 2.05 bits per heavy atom. The minimum Gasteiger partial charge on any atom is -0.376 e. The molecule has 20 heavy (non-hydrogen) atoms. The van der Waals surface area contributed by atoms with E-state index in [1.807, 2.05) is 6.92 Å². The highest BCUT2D eigenvalue weighted by molar-refractivity contribution is 5.63. The molecule has 1 aromatic rings. The van der Waals surface area contributed by atoms with E-state index in [2.05, 4.69) is 5.32 Å². The number of nitrogens with zero attached hydrogens (tertiary/aromatic N) is 1. The smallest absolute Gasteiger partial charge is 0.376 e. The summed E-state index contributed by atoms with van der Waals surface area (Å²) in [4.78, 5) is 10.2. The molecule has 0 aromatic heterocycles. The molecule has 1 aliphatic rings. The lowest BCUT2D eigenvalue weighted by Crippen LogP contribution is -2.22. The van der Waals surface area contributed by atoms with Crippen LogP contribution in [0.3, 0.4) is 0 Å². The van der Waals surface area contributed by atoms with Gasteiger partial charge in [0.2, 0.25) is 0 Å². The van der Waals surface area contributed by atoms with Crippen molar-refractivity contribution in [1.82, 2.24) is 0 Å². The molecule has 1 N–H and O–H groups in total. The summed E-state index contributed by atoms with van der Waals surface area (Å²) in [7, 11) is 0. The first-order chi connectivity index (χ1) is 9.29. The molecular formula is C13H15F3N2O2. The number of halogens is 3. The van der Waals surface area contributed by atoms with Gasteiger partial charge < -0.3 is 5.32 Å². The van der Waals surface area contributed by atoms with E-state index in [1.165, 1.54) is 0 Å². The zero-order valence-electron chi connectivity index (χ0n) is 10.9. The Morgan fingerprint density at radius 1 is 1.35 bits per heavy atom. The molecule has 0 radical (unpaired) electrons. The Hall–Kier alpha value is -1.79. The summed E-state index contributed by atoms with van der Waals surface area (Å²) in [6.45, 7) is 2.03. The number of nitro benzene ring substituents is 1. The van der Waals surface area contributed by atoms with E-state index in [9.17, 15) is 23.3 Å². The first-order valence-corrected chi connectivity index (χ1v) is 6.41. The molecule has 2 unspecified atom stereocenters. The molecule has 2 atom stereocenters. The summed E-state index contributed by atoms with van der Waals surface area (Å²) in [5.74, 6) is 0.358. The van der Waals surface area contributed by atoms with Crippen LogP contribution >= 0.6 is 0 Å². The van der Waals surface area contributed by atoms with E-state index in [-0.39, 0.29) is 11.7 Å². The summed E-state index contributed by atoms with van der Waals surface area (Å²) in [5.41, 5.74) is -1.38. The molecule has 4 nitrogen and oxygen atoms in total. The van der Waals surface area contributed by atoms with Crippen LogP contribution in [-0.4, -0.2) is 11.0 Å². The largest absolute Gasteiger partial charge is 0.416 e. The van der Waals surface area contributed by atoms with Crippen LogP contribution in [0, 0.1) is 16.0 Å². The molecule has 0 saturated heterocycles. The fourth-order valence-corrected chi connectivity index (χ4v) is 2.54. The molecule has 0 bridgehead atoms. The van der Waals surface area contributed by atoms with E-state index in [0.29, 0.717) is 12.0 Å². The molecule has 1 aliphatic carbocycles. The first kappa shape index (κ1) is 14.6. The zero-order valence-corrected chi connectivity index (χ0v) is 10.9. The Labute approximate surface area is 114 Å². The van der Waals surface area contributed by atoms with Crippen LogP contribution < -0.4 is 5.32 Å². The number of hydrogen-bond donors (Lipinski definition) is 1. The molecule has 0 amide bonds. The summed E-state index contributed by atoms with van der Waals surface area (Å²) in [5, 5.41) is 14.0. The van der Waals surface area contributed by atoms with Gasteiger partial charge in [-0.05, 0) is 30.9 Å². The third-order valence-corrected chi connectivity index (χ3v) is 3.72. The maximum atomic E-state index is 12.6. The topological polar surface area (TPSA) is 55.2 Å². The fraction of sp³-hybridized carbons (Fsp3) is 0.538. The summed E-state index contributed by atoms with van der Waals surface area (Å²) >= 11 is 0. The van der Waals surface area contributed by atoms with Gasteiger partial charge in [-0.2, -0.15) is 13.2 Å². The Kier molecular flexibility index (Phi) is 3.87. The lowest BCUT2D eigenvalue weighted by Gasteiger charge is -2.19. The van der Waals surface area contributed by atoms with Crippen molar-refractivity contribution in [3.8, 4) is 0 Å². The van der Waals surface area contributed by atoms with Crippen molar-refractivity contribution in [2.45, 2.75) is 38.4 Å². The highest BCUT2D eigenvalue weighted by atomic mass is 19.4. The summed E-state index contributed by atoms with van der Waals surface area (Å²) < 4.78 is 37.8. The quantitative estimate of drug-likeness (QED) is 0.669. The van der Waals surface area contributed by atoms with Gasteiger partial charge in [-0.25, -0.2) is 0 Å². The van der Waals surface area contributed by atoms with Crippen LogP contribution in [0.4, 0.5) is 24.5 Å². The molecule has 1 aromatic carbocycles. The monoisotopic (exact) mass is 288 g/mol. The van der Waals surface area contributed by atoms with Crippen molar-refractivity contribution in [1.29, 1.82) is 0 Å². The average Bonchev–Trinajstić information content (AvgIpc) is 2.74. The van der Waals surface area contributed by atoms with Crippen LogP contribution in [0.25, 0.3) is 0 Å². The van der Waals surface area contributed by atoms with Crippen molar-refractivity contribution in [2.75, 3.05) is 5.32 Å². The fourth-order valence-electron chi connectivity index (χ4n) is 2.54. The van der Waals surface area contributed by atoms with Crippen LogP contribution in [-0.2, 0) is 6.18 Å². The van der Waals surface area contributed by atoms with Crippen LogP contribution in [0.15, 0.2) is 18.2 Å². The summed E-state index contributed by atoms with van der Waals surface area (Å²) in [6, 6.07) is 2.67. The van der Waals surface area contributed by atoms with E-state index < -0.39 is 22.4 Å². The predicted octanol–water partition coefficient (Wildman–Crippen LogP) is 4.21. The van der Waals surface area contributed by atoms with Crippen LogP contribution in [0.5, 0.6) is 0 Å². The van der Waals surface area contributed by atoms with E-state index >= 15 is 0 Å². The van der Waals surface area contributed by atoms with Gasteiger partial charge >= 0.3 is 6.18 Å². The molecule has 0 heterocycles. The number of benzene rings is 1. The minimum atomic E-state index is -4.58. The van der Waals surface area contributed by atoms with Crippen molar-refractivity contribution in [2.24, 2.45) is 5.92 Å². The van der Waals surface area contributed by atoms with Gasteiger partial charge in [0.1, 0.15) is 5.69 Å². The summed E-state index contributed by atoms with van der Waals surface area (Å²) in [6.07, 6.45) is -1.66. The van der Waals surface area contributed by atoms with E-state index in [1.54, 1.807) is 0 Å². The van der Waals surface area contributed by atoms with Gasteiger partial charge in [-0.1, -0.05) is 13.3 Å². The van der Waals surface area contributed by atoms with Crippen LogP contribution in [0.1, 0.15) is 31.7 Å². The van der Waals surface area contributed by atoms with Crippen molar-refractivity contribution in [3.63, 3.8) is 0 Å². The lowest BCUT2D eigenvalue weighted by molar-refractivity contribution is -0.384. The van der Waals surface area contributed by atoms with Crippen molar-refractivity contribution in [3.05, 3.63) is 33.9 Å². The van der Waals surface area contributed by atoms with Gasteiger partial charge in [0.05, 0.1) is 10.5 Å². The Balaban J connectivity index is 2.31. The van der Waals surface area contributed by atoms with Gasteiger partial charge in [-0.3, -0.25) is 10.1 Å². The third kappa shape index (κ3) is 3.02. The molecule has 1 saturated carbocycles. The molecule has 1 fully saturated rings. The molecule has 110 valence electrons. The van der Waals surface area contributed by atoms with Gasteiger partial charge in [-0.15, -0.1) is 0 Å². The second kappa shape index (κ2) is 5.30. The lowest BCUT2D eigenvalue weighted by atomic mass is 10.1. The second-order valence-corrected chi connectivity index (χ2v) is 5.15.